The number of alkyl halides is 3. The Bertz CT molecular complexity index is 792. The number of carboxylic acids is 1. The van der Waals surface area contributed by atoms with E-state index in [9.17, 15) is 23.3 Å². The van der Waals surface area contributed by atoms with Crippen LogP contribution >= 0.6 is 0 Å². The molecule has 2 aliphatic rings. The monoisotopic (exact) mass is 462 g/mol. The molecule has 0 bridgehead atoms. The number of piperidine rings is 1. The highest BCUT2D eigenvalue weighted by atomic mass is 19.4. The van der Waals surface area contributed by atoms with E-state index in [-0.39, 0.29) is 10.6 Å². The first-order valence-electron chi connectivity index (χ1n) is 10.3. The van der Waals surface area contributed by atoms with Crippen molar-refractivity contribution in [3.63, 3.8) is 0 Å². The molecule has 1 aromatic carbocycles. The fourth-order valence-corrected chi connectivity index (χ4v) is 3.92. The Morgan fingerprint density at radius 3 is 2.28 bits per heavy atom. The fourth-order valence-electron chi connectivity index (χ4n) is 3.92. The second-order valence-corrected chi connectivity index (χ2v) is 7.85. The summed E-state index contributed by atoms with van der Waals surface area (Å²) in [7, 11) is 1.49. The Hall–Kier alpha value is -2.60. The zero-order valence-corrected chi connectivity index (χ0v) is 18.2. The van der Waals surface area contributed by atoms with Gasteiger partial charge in [-0.1, -0.05) is 0 Å². The predicted molar refractivity (Wildman–Crippen MR) is 112 cm³/mol. The van der Waals surface area contributed by atoms with E-state index >= 15 is 0 Å². The van der Waals surface area contributed by atoms with Crippen LogP contribution in [0.2, 0.25) is 0 Å². The number of piperazine rings is 1. The Morgan fingerprint density at radius 2 is 1.81 bits per heavy atom. The lowest BCUT2D eigenvalue weighted by atomic mass is 9.95. The third-order valence-electron chi connectivity index (χ3n) is 5.62. The molecule has 2 fully saturated rings. The predicted octanol–water partition coefficient (Wildman–Crippen LogP) is 2.67. The van der Waals surface area contributed by atoms with E-state index in [4.69, 9.17) is 14.6 Å². The van der Waals surface area contributed by atoms with Gasteiger partial charge < -0.3 is 25.0 Å². The van der Waals surface area contributed by atoms with E-state index in [1.807, 2.05) is 13.0 Å². The number of methoxy groups -OCH3 is 1. The molecule has 2 N–H and O–H groups in total. The SMILES string of the molecule is COc1cc(N2CCC(CN3CCNCC3)CC2)c(C)cc1[N+](=O)[O-].O=C(O)C(F)(F)F. The summed E-state index contributed by atoms with van der Waals surface area (Å²) >= 11 is 0. The van der Waals surface area contributed by atoms with Gasteiger partial charge in [0.1, 0.15) is 0 Å². The van der Waals surface area contributed by atoms with Crippen LogP contribution in [0.5, 0.6) is 5.75 Å². The van der Waals surface area contributed by atoms with Crippen molar-refractivity contribution in [1.82, 2.24) is 10.2 Å². The molecular formula is C20H29F3N4O5. The molecule has 3 rings (SSSR count). The van der Waals surface area contributed by atoms with Crippen molar-refractivity contribution in [2.75, 3.05) is 57.8 Å². The first-order chi connectivity index (χ1) is 15.0. The van der Waals surface area contributed by atoms with E-state index in [2.05, 4.69) is 15.1 Å². The summed E-state index contributed by atoms with van der Waals surface area (Å²) in [5, 5.41) is 21.7. The molecule has 32 heavy (non-hydrogen) atoms. The molecule has 0 atom stereocenters. The zero-order valence-electron chi connectivity index (χ0n) is 18.2. The minimum Gasteiger partial charge on any atom is -0.490 e. The second-order valence-electron chi connectivity index (χ2n) is 7.85. The molecule has 0 spiro atoms. The van der Waals surface area contributed by atoms with E-state index in [0.29, 0.717) is 5.75 Å². The maximum absolute atomic E-state index is 11.2. The highest BCUT2D eigenvalue weighted by molar-refractivity contribution is 5.73. The van der Waals surface area contributed by atoms with Crippen molar-refractivity contribution in [2.45, 2.75) is 25.9 Å². The summed E-state index contributed by atoms with van der Waals surface area (Å²) in [5.74, 6) is -1.67. The van der Waals surface area contributed by atoms with Crippen LogP contribution in [0.1, 0.15) is 18.4 Å². The maximum Gasteiger partial charge on any atom is 0.490 e. The van der Waals surface area contributed by atoms with Crippen LogP contribution in [0.25, 0.3) is 0 Å². The molecule has 0 aromatic heterocycles. The van der Waals surface area contributed by atoms with Crippen LogP contribution in [0.4, 0.5) is 24.5 Å². The van der Waals surface area contributed by atoms with Crippen molar-refractivity contribution in [1.29, 1.82) is 0 Å². The van der Waals surface area contributed by atoms with E-state index in [0.717, 1.165) is 56.4 Å². The number of aryl methyl sites for hydroxylation is 1. The van der Waals surface area contributed by atoms with Crippen LogP contribution in [-0.4, -0.2) is 80.0 Å². The third-order valence-corrected chi connectivity index (χ3v) is 5.62. The number of aliphatic carboxylic acids is 1. The van der Waals surface area contributed by atoms with Gasteiger partial charge in [-0.05, 0) is 31.2 Å². The van der Waals surface area contributed by atoms with E-state index < -0.39 is 12.1 Å². The number of hydrogen-bond donors (Lipinski definition) is 2. The molecule has 180 valence electrons. The van der Waals surface area contributed by atoms with Gasteiger partial charge in [0.15, 0.2) is 5.75 Å². The van der Waals surface area contributed by atoms with Crippen LogP contribution < -0.4 is 15.0 Å². The largest absolute Gasteiger partial charge is 0.490 e. The number of nitrogens with one attached hydrogen (secondary N) is 1. The van der Waals surface area contributed by atoms with Crippen LogP contribution in [0, 0.1) is 23.0 Å². The van der Waals surface area contributed by atoms with Gasteiger partial charge in [0.2, 0.25) is 0 Å². The second kappa shape index (κ2) is 11.3. The number of carbonyl (C=O) groups is 1. The van der Waals surface area contributed by atoms with Gasteiger partial charge in [-0.2, -0.15) is 13.2 Å². The quantitative estimate of drug-likeness (QED) is 0.508. The summed E-state index contributed by atoms with van der Waals surface area (Å²) in [6, 6.07) is 3.45. The molecule has 0 radical (unpaired) electrons. The van der Waals surface area contributed by atoms with E-state index in [1.54, 1.807) is 6.07 Å². The van der Waals surface area contributed by atoms with Gasteiger partial charge in [-0.15, -0.1) is 0 Å². The standard InChI is InChI=1S/C18H28N4O3.C2HF3O2/c1-14-11-17(22(23)24)18(25-2)12-16(14)21-7-3-15(4-8-21)13-20-9-5-19-6-10-20;3-2(4,5)1(6)7/h11-12,15,19H,3-10,13H2,1-2H3;(H,6,7). The topological polar surface area (TPSA) is 108 Å². The number of carboxylic acid groups (broad SMARTS) is 1. The van der Waals surface area contributed by atoms with Crippen LogP contribution in [0.15, 0.2) is 12.1 Å². The van der Waals surface area contributed by atoms with Crippen LogP contribution in [0.3, 0.4) is 0 Å². The molecular weight excluding hydrogens is 433 g/mol. The van der Waals surface area contributed by atoms with Gasteiger partial charge >= 0.3 is 17.8 Å². The minimum atomic E-state index is -5.08. The fraction of sp³-hybridized carbons (Fsp3) is 0.650. The molecule has 0 aliphatic carbocycles. The number of halogens is 3. The maximum atomic E-state index is 11.2. The molecule has 12 heteroatoms. The van der Waals surface area contributed by atoms with Crippen LogP contribution in [-0.2, 0) is 4.79 Å². The molecule has 9 nitrogen and oxygen atoms in total. The summed E-state index contributed by atoms with van der Waals surface area (Å²) in [6.45, 7) is 9.63. The number of nitro benzene ring substituents is 1. The summed E-state index contributed by atoms with van der Waals surface area (Å²) < 4.78 is 37.0. The molecule has 2 aliphatic heterocycles. The lowest BCUT2D eigenvalue weighted by Gasteiger charge is -2.37. The Labute approximate surface area is 184 Å². The summed E-state index contributed by atoms with van der Waals surface area (Å²) in [4.78, 5) is 24.6. The molecule has 0 unspecified atom stereocenters. The number of benzene rings is 1. The minimum absolute atomic E-state index is 0.0392. The Morgan fingerprint density at radius 1 is 1.25 bits per heavy atom. The summed E-state index contributed by atoms with van der Waals surface area (Å²) in [5.41, 5.74) is 2.04. The van der Waals surface area contributed by atoms with Gasteiger partial charge in [-0.25, -0.2) is 4.79 Å². The summed E-state index contributed by atoms with van der Waals surface area (Å²) in [6.07, 6.45) is -2.74. The molecule has 2 saturated heterocycles. The lowest BCUT2D eigenvalue weighted by Crippen LogP contribution is -2.47. The highest BCUT2D eigenvalue weighted by Gasteiger charge is 2.38. The average molecular weight is 462 g/mol. The molecule has 0 amide bonds. The Kier molecular flexibility index (Phi) is 9.08. The van der Waals surface area contributed by atoms with Crippen molar-refractivity contribution >= 4 is 17.3 Å². The van der Waals surface area contributed by atoms with Gasteiger partial charge in [0, 0.05) is 63.6 Å². The van der Waals surface area contributed by atoms with E-state index in [1.165, 1.54) is 26.5 Å². The highest BCUT2D eigenvalue weighted by Crippen LogP contribution is 2.36. The number of ether oxygens (including phenoxy) is 1. The third kappa shape index (κ3) is 7.23. The van der Waals surface area contributed by atoms with Crippen molar-refractivity contribution in [2.24, 2.45) is 5.92 Å². The average Bonchev–Trinajstić information content (AvgIpc) is 2.74. The first-order valence-corrected chi connectivity index (χ1v) is 10.3. The van der Waals surface area contributed by atoms with Crippen molar-refractivity contribution in [3.8, 4) is 5.75 Å². The number of hydrogen-bond acceptors (Lipinski definition) is 7. The first kappa shape index (κ1) is 25.7. The number of nitro groups is 1. The molecule has 1 aromatic rings. The van der Waals surface area contributed by atoms with Gasteiger partial charge in [0.05, 0.1) is 12.0 Å². The lowest BCUT2D eigenvalue weighted by molar-refractivity contribution is -0.385. The number of rotatable bonds is 5. The van der Waals surface area contributed by atoms with Crippen molar-refractivity contribution in [3.05, 3.63) is 27.8 Å². The molecule has 0 saturated carbocycles. The van der Waals surface area contributed by atoms with Crippen molar-refractivity contribution < 1.29 is 32.7 Å². The smallest absolute Gasteiger partial charge is 0.490 e. The van der Waals surface area contributed by atoms with Gasteiger partial charge in [-0.3, -0.25) is 10.1 Å². The zero-order chi connectivity index (χ0) is 23.9. The normalized spacial score (nSPS) is 18.0. The number of anilines is 1. The number of nitrogens with zero attached hydrogens (tertiary/aromatic N) is 3. The molecule has 2 heterocycles. The van der Waals surface area contributed by atoms with Gasteiger partial charge in [0.25, 0.3) is 0 Å². The Balaban J connectivity index is 0.000000451.